The molecule has 0 unspecified atom stereocenters. The fourth-order valence-corrected chi connectivity index (χ4v) is 4.10. The van der Waals surface area contributed by atoms with Crippen LogP contribution in [-0.4, -0.2) is 16.5 Å². The maximum atomic E-state index is 13.3. The van der Waals surface area contributed by atoms with E-state index in [1.54, 1.807) is 12.4 Å². The van der Waals surface area contributed by atoms with Gasteiger partial charge in [-0.15, -0.1) is 0 Å². The van der Waals surface area contributed by atoms with Crippen LogP contribution in [0.2, 0.25) is 5.02 Å². The second-order valence-electron chi connectivity index (χ2n) is 7.67. The van der Waals surface area contributed by atoms with Gasteiger partial charge in [0.25, 0.3) is 0 Å². The lowest BCUT2D eigenvalue weighted by molar-refractivity contribution is -0.137. The van der Waals surface area contributed by atoms with Gasteiger partial charge < -0.3 is 10.3 Å². The summed E-state index contributed by atoms with van der Waals surface area (Å²) in [7, 11) is 0. The third kappa shape index (κ3) is 3.97. The zero-order valence-electron chi connectivity index (χ0n) is 16.8. The minimum absolute atomic E-state index is 0.160. The summed E-state index contributed by atoms with van der Waals surface area (Å²) in [5, 5.41) is 4.32. The number of nitrogens with one attached hydrogen (secondary N) is 2. The summed E-state index contributed by atoms with van der Waals surface area (Å²) in [6.07, 6.45) is -0.0885. The first-order valence-corrected chi connectivity index (χ1v) is 10.4. The Morgan fingerprint density at radius 3 is 2.62 bits per heavy atom. The van der Waals surface area contributed by atoms with Gasteiger partial charge in [-0.3, -0.25) is 0 Å². The van der Waals surface area contributed by atoms with Crippen molar-refractivity contribution in [3.63, 3.8) is 0 Å². The van der Waals surface area contributed by atoms with Crippen LogP contribution in [0.5, 0.6) is 0 Å². The zero-order valence-corrected chi connectivity index (χ0v) is 17.5. The summed E-state index contributed by atoms with van der Waals surface area (Å²) in [6.45, 7) is 1.82. The second kappa shape index (κ2) is 8.01. The highest BCUT2D eigenvalue weighted by Gasteiger charge is 2.33. The minimum atomic E-state index is -4.51. The van der Waals surface area contributed by atoms with Gasteiger partial charge in [-0.2, -0.15) is 13.2 Å². The molecule has 160 valence electrons. The Balaban J connectivity index is 1.55. The second-order valence-corrected chi connectivity index (χ2v) is 8.11. The molecule has 0 saturated carbocycles. The molecule has 0 atom stereocenters. The van der Waals surface area contributed by atoms with E-state index >= 15 is 0 Å². The molecule has 0 aliphatic carbocycles. The molecule has 0 radical (unpaired) electrons. The lowest BCUT2D eigenvalue weighted by Crippen LogP contribution is -2.23. The molecule has 3 heterocycles. The Labute approximate surface area is 187 Å². The van der Waals surface area contributed by atoms with Gasteiger partial charge in [0.15, 0.2) is 0 Å². The lowest BCUT2D eigenvalue weighted by Gasteiger charge is -2.17. The van der Waals surface area contributed by atoms with Crippen LogP contribution in [-0.2, 0) is 19.1 Å². The Kier molecular flexibility index (Phi) is 5.16. The highest BCUT2D eigenvalue weighted by Crippen LogP contribution is 2.33. The van der Waals surface area contributed by atoms with Gasteiger partial charge in [-0.1, -0.05) is 41.6 Å². The maximum Gasteiger partial charge on any atom is 0.417 e. The number of alkyl halides is 3. The van der Waals surface area contributed by atoms with Crippen molar-refractivity contribution in [1.29, 1.82) is 0 Å². The van der Waals surface area contributed by atoms with Crippen molar-refractivity contribution in [3.05, 3.63) is 87.7 Å². The van der Waals surface area contributed by atoms with E-state index in [1.807, 2.05) is 6.07 Å². The van der Waals surface area contributed by atoms with Crippen molar-refractivity contribution in [2.75, 3.05) is 6.54 Å². The topological polar surface area (TPSA) is 40.7 Å². The van der Waals surface area contributed by atoms with Crippen molar-refractivity contribution in [3.8, 4) is 23.0 Å². The quantitative estimate of drug-likeness (QED) is 0.351. The number of hydrogen-bond donors (Lipinski definition) is 2. The third-order valence-corrected chi connectivity index (χ3v) is 5.81. The number of hydrogen-bond acceptors (Lipinski definition) is 2. The van der Waals surface area contributed by atoms with E-state index in [0.717, 1.165) is 42.1 Å². The van der Waals surface area contributed by atoms with Gasteiger partial charge in [0, 0.05) is 40.5 Å². The summed E-state index contributed by atoms with van der Waals surface area (Å²) in [5.41, 5.74) is 4.82. The van der Waals surface area contributed by atoms with Crippen molar-refractivity contribution >= 4 is 22.6 Å². The van der Waals surface area contributed by atoms with Crippen LogP contribution in [0.1, 0.15) is 27.8 Å². The van der Waals surface area contributed by atoms with Gasteiger partial charge in [0.1, 0.15) is 5.65 Å². The van der Waals surface area contributed by atoms with Crippen LogP contribution in [0.25, 0.3) is 22.2 Å². The fourth-order valence-electron chi connectivity index (χ4n) is 3.92. The first-order valence-electron chi connectivity index (χ1n) is 10.1. The Morgan fingerprint density at radius 2 is 1.78 bits per heavy atom. The van der Waals surface area contributed by atoms with Gasteiger partial charge in [0.05, 0.1) is 11.1 Å². The molecule has 0 spiro atoms. The van der Waals surface area contributed by atoms with E-state index < -0.39 is 11.7 Å². The molecule has 0 amide bonds. The molecule has 5 rings (SSSR count). The van der Waals surface area contributed by atoms with Gasteiger partial charge in [-0.05, 0) is 53.9 Å². The Hall–Kier alpha value is -3.27. The molecule has 0 bridgehead atoms. The van der Waals surface area contributed by atoms with E-state index in [1.165, 1.54) is 23.3 Å². The SMILES string of the molecule is FC(F)(F)c1ccc(Cl)cc1C#Cc1c[nH]c2ncc(-c3ccc4c(c3)CCNC4)cc12. The largest absolute Gasteiger partial charge is 0.417 e. The normalized spacial score (nSPS) is 13.5. The number of halogens is 4. The molecule has 2 N–H and O–H groups in total. The average molecular weight is 452 g/mol. The van der Waals surface area contributed by atoms with Crippen LogP contribution >= 0.6 is 11.6 Å². The number of fused-ring (bicyclic) bond motifs is 2. The summed E-state index contributed by atoms with van der Waals surface area (Å²) in [5.74, 6) is 5.51. The molecule has 3 nitrogen and oxygen atoms in total. The molecule has 32 heavy (non-hydrogen) atoms. The van der Waals surface area contributed by atoms with Crippen LogP contribution < -0.4 is 5.32 Å². The standard InChI is InChI=1S/C25H17ClF3N3/c26-21-5-6-23(25(27,28)29)17(10-21)2-4-19-13-31-24-22(19)11-20(14-32-24)15-1-3-18-12-30-8-7-16(18)9-15/h1,3,5-6,9-11,13-14,30H,7-8,12H2,(H,31,32). The van der Waals surface area contributed by atoms with Crippen LogP contribution in [0.4, 0.5) is 13.2 Å². The van der Waals surface area contributed by atoms with E-state index in [0.29, 0.717) is 11.2 Å². The summed E-state index contributed by atoms with van der Waals surface area (Å²) in [4.78, 5) is 7.52. The Morgan fingerprint density at radius 1 is 0.938 bits per heavy atom. The molecule has 2 aromatic heterocycles. The monoisotopic (exact) mass is 451 g/mol. The molecule has 2 aromatic carbocycles. The van der Waals surface area contributed by atoms with E-state index in [4.69, 9.17) is 11.6 Å². The minimum Gasteiger partial charge on any atom is -0.345 e. The molecule has 0 saturated heterocycles. The number of H-pyrrole nitrogens is 1. The Bertz CT molecular complexity index is 1390. The molecule has 7 heteroatoms. The van der Waals surface area contributed by atoms with Crippen molar-refractivity contribution in [2.24, 2.45) is 0 Å². The first-order chi connectivity index (χ1) is 15.4. The average Bonchev–Trinajstić information content (AvgIpc) is 3.19. The summed E-state index contributed by atoms with van der Waals surface area (Å²) < 4.78 is 40.0. The van der Waals surface area contributed by atoms with Crippen molar-refractivity contribution in [2.45, 2.75) is 19.1 Å². The molecule has 1 aliphatic heterocycles. The van der Waals surface area contributed by atoms with E-state index in [2.05, 4.69) is 45.3 Å². The number of aromatic amines is 1. The van der Waals surface area contributed by atoms with Crippen LogP contribution in [0.3, 0.4) is 0 Å². The van der Waals surface area contributed by atoms with E-state index in [9.17, 15) is 13.2 Å². The smallest absolute Gasteiger partial charge is 0.345 e. The molecular weight excluding hydrogens is 435 g/mol. The van der Waals surface area contributed by atoms with Gasteiger partial charge in [0.2, 0.25) is 0 Å². The van der Waals surface area contributed by atoms with Gasteiger partial charge >= 0.3 is 6.18 Å². The third-order valence-electron chi connectivity index (χ3n) is 5.58. The predicted octanol–water partition coefficient (Wildman–Crippen LogP) is 5.95. The molecule has 4 aromatic rings. The fraction of sp³-hybridized carbons (Fsp3) is 0.160. The number of aromatic nitrogens is 2. The van der Waals surface area contributed by atoms with Gasteiger partial charge in [-0.25, -0.2) is 4.98 Å². The number of nitrogens with zero attached hydrogens (tertiary/aromatic N) is 1. The molecular formula is C25H17ClF3N3. The number of benzene rings is 2. The molecule has 1 aliphatic rings. The van der Waals surface area contributed by atoms with Crippen LogP contribution in [0.15, 0.2) is 54.9 Å². The summed E-state index contributed by atoms with van der Waals surface area (Å²) in [6, 6.07) is 11.7. The van der Waals surface area contributed by atoms with Crippen molar-refractivity contribution in [1.82, 2.24) is 15.3 Å². The number of pyridine rings is 1. The molecule has 0 fully saturated rings. The van der Waals surface area contributed by atoms with Crippen molar-refractivity contribution < 1.29 is 13.2 Å². The highest BCUT2D eigenvalue weighted by molar-refractivity contribution is 6.30. The predicted molar refractivity (Wildman–Crippen MR) is 119 cm³/mol. The zero-order chi connectivity index (χ0) is 22.3. The lowest BCUT2D eigenvalue weighted by atomic mass is 9.95. The first kappa shape index (κ1) is 20.6. The van der Waals surface area contributed by atoms with Crippen LogP contribution in [0, 0.1) is 11.8 Å². The van der Waals surface area contributed by atoms with E-state index in [-0.39, 0.29) is 10.6 Å². The maximum absolute atomic E-state index is 13.3. The summed E-state index contributed by atoms with van der Waals surface area (Å²) >= 11 is 5.91. The highest BCUT2D eigenvalue weighted by atomic mass is 35.5. The number of rotatable bonds is 1.